The molecule has 150 valence electrons. The zero-order valence-corrected chi connectivity index (χ0v) is 15.7. The maximum Gasteiger partial charge on any atom is 0.303 e. The van der Waals surface area contributed by atoms with Gasteiger partial charge in [-0.25, -0.2) is 29.3 Å². The molecule has 2 N–H and O–H groups in total. The van der Waals surface area contributed by atoms with Gasteiger partial charge in [0.1, 0.15) is 11.6 Å². The SMILES string of the molecule is CC(=O)Nc1cc(Nc2cc(C)nc(C(C)(F)F)n2)c(-c2ncc(F)cn2)cn1. The van der Waals surface area contributed by atoms with Crippen molar-refractivity contribution in [1.29, 1.82) is 0 Å². The normalized spacial score (nSPS) is 11.2. The fourth-order valence-electron chi connectivity index (χ4n) is 2.40. The van der Waals surface area contributed by atoms with Gasteiger partial charge in [0.2, 0.25) is 11.7 Å². The number of carbonyl (C=O) groups is 1. The zero-order chi connectivity index (χ0) is 21.2. The van der Waals surface area contributed by atoms with E-state index in [1.807, 2.05) is 0 Å². The molecule has 29 heavy (non-hydrogen) atoms. The van der Waals surface area contributed by atoms with E-state index >= 15 is 0 Å². The van der Waals surface area contributed by atoms with Gasteiger partial charge in [-0.3, -0.25) is 4.79 Å². The molecule has 3 heterocycles. The van der Waals surface area contributed by atoms with Crippen molar-refractivity contribution in [2.24, 2.45) is 0 Å². The van der Waals surface area contributed by atoms with Crippen molar-refractivity contribution in [2.75, 3.05) is 10.6 Å². The molecule has 0 fully saturated rings. The number of amides is 1. The number of alkyl halides is 2. The average Bonchev–Trinajstić information content (AvgIpc) is 2.61. The van der Waals surface area contributed by atoms with Crippen LogP contribution in [0.3, 0.4) is 0 Å². The summed E-state index contributed by atoms with van der Waals surface area (Å²) in [5.74, 6) is -4.40. The van der Waals surface area contributed by atoms with Crippen LogP contribution in [0.5, 0.6) is 0 Å². The molecule has 0 unspecified atom stereocenters. The van der Waals surface area contributed by atoms with Gasteiger partial charge in [0.25, 0.3) is 0 Å². The summed E-state index contributed by atoms with van der Waals surface area (Å²) in [6.07, 6.45) is 3.33. The summed E-state index contributed by atoms with van der Waals surface area (Å²) in [4.78, 5) is 30.9. The second-order valence-electron chi connectivity index (χ2n) is 6.25. The minimum atomic E-state index is -3.23. The second kappa shape index (κ2) is 7.78. The van der Waals surface area contributed by atoms with Crippen molar-refractivity contribution in [2.45, 2.75) is 26.7 Å². The number of hydrogen-bond acceptors (Lipinski definition) is 7. The first-order chi connectivity index (χ1) is 13.6. The van der Waals surface area contributed by atoms with Crippen molar-refractivity contribution in [1.82, 2.24) is 24.9 Å². The van der Waals surface area contributed by atoms with E-state index in [0.29, 0.717) is 23.9 Å². The Labute approximate surface area is 163 Å². The van der Waals surface area contributed by atoms with E-state index in [-0.39, 0.29) is 23.4 Å². The van der Waals surface area contributed by atoms with Crippen LogP contribution in [0.25, 0.3) is 11.4 Å². The third-order valence-corrected chi connectivity index (χ3v) is 3.58. The number of halogens is 3. The molecule has 0 aromatic carbocycles. The third kappa shape index (κ3) is 5.00. The summed E-state index contributed by atoms with van der Waals surface area (Å²) < 4.78 is 40.5. The topological polar surface area (TPSA) is 106 Å². The van der Waals surface area contributed by atoms with E-state index in [1.54, 1.807) is 6.92 Å². The first kappa shape index (κ1) is 20.1. The smallest absolute Gasteiger partial charge is 0.303 e. The van der Waals surface area contributed by atoms with Gasteiger partial charge in [0.05, 0.1) is 23.6 Å². The Bertz CT molecular complexity index is 1050. The quantitative estimate of drug-likeness (QED) is 0.671. The van der Waals surface area contributed by atoms with Crippen molar-refractivity contribution in [3.8, 4) is 11.4 Å². The number of aromatic nitrogens is 5. The molecule has 0 saturated heterocycles. The van der Waals surface area contributed by atoms with Crippen LogP contribution in [0.4, 0.5) is 30.5 Å². The molecule has 0 saturated carbocycles. The summed E-state index contributed by atoms with van der Waals surface area (Å²) in [6, 6.07) is 2.94. The molecule has 0 spiro atoms. The van der Waals surface area contributed by atoms with Crippen LogP contribution in [-0.2, 0) is 10.7 Å². The van der Waals surface area contributed by atoms with Gasteiger partial charge in [-0.05, 0) is 6.92 Å². The Morgan fingerprint density at radius 3 is 2.34 bits per heavy atom. The molecule has 0 atom stereocenters. The first-order valence-corrected chi connectivity index (χ1v) is 8.38. The zero-order valence-electron chi connectivity index (χ0n) is 15.7. The van der Waals surface area contributed by atoms with Gasteiger partial charge in [-0.2, -0.15) is 8.78 Å². The molecule has 11 heteroatoms. The molecular formula is C18H16F3N7O. The molecule has 0 bridgehead atoms. The lowest BCUT2D eigenvalue weighted by Crippen LogP contribution is -2.14. The summed E-state index contributed by atoms with van der Waals surface area (Å²) in [5, 5.41) is 5.43. The largest absolute Gasteiger partial charge is 0.339 e. The third-order valence-electron chi connectivity index (χ3n) is 3.58. The van der Waals surface area contributed by atoms with E-state index in [9.17, 15) is 18.0 Å². The minimum Gasteiger partial charge on any atom is -0.339 e. The molecule has 8 nitrogen and oxygen atoms in total. The standard InChI is InChI=1S/C18H16F3N7O/c1-9-4-15(28-17(25-9)18(3,20)21)27-13-5-14(26-10(2)29)22-8-12(13)16-23-6-11(19)7-24-16/h4-8H,1-3H3,(H2,22,25,26,27,28,29). The number of nitrogens with zero attached hydrogens (tertiary/aromatic N) is 5. The second-order valence-corrected chi connectivity index (χ2v) is 6.25. The highest BCUT2D eigenvalue weighted by molar-refractivity contribution is 5.89. The highest BCUT2D eigenvalue weighted by atomic mass is 19.3. The fraction of sp³-hybridized carbons (Fsp3) is 0.222. The van der Waals surface area contributed by atoms with Crippen LogP contribution in [0.15, 0.2) is 30.7 Å². The van der Waals surface area contributed by atoms with Gasteiger partial charge in [0.15, 0.2) is 11.6 Å². The van der Waals surface area contributed by atoms with Crippen LogP contribution in [0.2, 0.25) is 0 Å². The average molecular weight is 403 g/mol. The lowest BCUT2D eigenvalue weighted by atomic mass is 10.2. The van der Waals surface area contributed by atoms with Crippen LogP contribution < -0.4 is 10.6 Å². The Morgan fingerprint density at radius 1 is 1.03 bits per heavy atom. The predicted molar refractivity (Wildman–Crippen MR) is 99.1 cm³/mol. The van der Waals surface area contributed by atoms with Crippen LogP contribution in [-0.4, -0.2) is 30.8 Å². The molecule has 3 aromatic heterocycles. The van der Waals surface area contributed by atoms with Crippen molar-refractivity contribution >= 4 is 23.2 Å². The fourth-order valence-corrected chi connectivity index (χ4v) is 2.40. The molecule has 0 aliphatic rings. The Balaban J connectivity index is 2.07. The first-order valence-electron chi connectivity index (χ1n) is 8.38. The maximum atomic E-state index is 13.7. The number of nitrogens with one attached hydrogen (secondary N) is 2. The van der Waals surface area contributed by atoms with Crippen molar-refractivity contribution < 1.29 is 18.0 Å². The molecule has 0 aliphatic carbocycles. The molecule has 1 amide bonds. The number of carbonyl (C=O) groups excluding carboxylic acids is 1. The summed E-state index contributed by atoms with van der Waals surface area (Å²) in [7, 11) is 0. The van der Waals surface area contributed by atoms with Crippen molar-refractivity contribution in [3.05, 3.63) is 48.1 Å². The number of hydrogen-bond donors (Lipinski definition) is 2. The molecular weight excluding hydrogens is 387 g/mol. The Kier molecular flexibility index (Phi) is 5.39. The number of anilines is 3. The lowest BCUT2D eigenvalue weighted by Gasteiger charge is -2.15. The number of aryl methyl sites for hydroxylation is 1. The maximum absolute atomic E-state index is 13.7. The highest BCUT2D eigenvalue weighted by Crippen LogP contribution is 2.30. The lowest BCUT2D eigenvalue weighted by molar-refractivity contribution is -0.114. The summed E-state index contributed by atoms with van der Waals surface area (Å²) in [5.41, 5.74) is 0.994. The predicted octanol–water partition coefficient (Wildman–Crippen LogP) is 3.59. The van der Waals surface area contributed by atoms with Crippen LogP contribution >= 0.6 is 0 Å². The van der Waals surface area contributed by atoms with E-state index in [0.717, 1.165) is 12.4 Å². The number of pyridine rings is 1. The molecule has 3 rings (SSSR count). The monoisotopic (exact) mass is 403 g/mol. The van der Waals surface area contributed by atoms with Crippen molar-refractivity contribution in [3.63, 3.8) is 0 Å². The van der Waals surface area contributed by atoms with E-state index in [2.05, 4.69) is 35.6 Å². The van der Waals surface area contributed by atoms with E-state index < -0.39 is 17.6 Å². The summed E-state index contributed by atoms with van der Waals surface area (Å²) in [6.45, 7) is 3.57. The van der Waals surface area contributed by atoms with Gasteiger partial charge in [-0.1, -0.05) is 0 Å². The summed E-state index contributed by atoms with van der Waals surface area (Å²) >= 11 is 0. The van der Waals surface area contributed by atoms with E-state index in [4.69, 9.17) is 0 Å². The minimum absolute atomic E-state index is 0.0948. The van der Waals surface area contributed by atoms with E-state index in [1.165, 1.54) is 25.3 Å². The molecule has 0 radical (unpaired) electrons. The molecule has 0 aliphatic heterocycles. The highest BCUT2D eigenvalue weighted by Gasteiger charge is 2.29. The Morgan fingerprint density at radius 2 is 1.72 bits per heavy atom. The number of rotatable bonds is 5. The van der Waals surface area contributed by atoms with Gasteiger partial charge in [-0.15, -0.1) is 0 Å². The van der Waals surface area contributed by atoms with Gasteiger partial charge in [0, 0.05) is 37.9 Å². The molecule has 3 aromatic rings. The van der Waals surface area contributed by atoms with Gasteiger partial charge >= 0.3 is 5.92 Å². The van der Waals surface area contributed by atoms with Gasteiger partial charge < -0.3 is 10.6 Å². The Hall–Kier alpha value is -3.63. The van der Waals surface area contributed by atoms with Crippen LogP contribution in [0.1, 0.15) is 25.4 Å². The van der Waals surface area contributed by atoms with Crippen LogP contribution in [0, 0.1) is 12.7 Å².